The molecule has 0 N–H and O–H groups in total. The van der Waals surface area contributed by atoms with E-state index in [1.165, 1.54) is 0 Å². The third-order valence-electron chi connectivity index (χ3n) is 0.992. The van der Waals surface area contributed by atoms with Gasteiger partial charge in [-0.25, -0.2) is 6.08 Å². The third-order valence-corrected chi connectivity index (χ3v) is 0.992. The Balaban J connectivity index is 0. The summed E-state index contributed by atoms with van der Waals surface area (Å²) in [4.78, 5) is 0. The molecule has 0 amide bonds. The molecule has 1 aromatic carbocycles. The zero-order valence-corrected chi connectivity index (χ0v) is 9.22. The molecule has 0 saturated heterocycles. The van der Waals surface area contributed by atoms with Crippen LogP contribution in [0.2, 0.25) is 0 Å². The standard InChI is InChI=1S/C8H7.CH3.Zn/c1-2-8-6-4-3-5-7-8;;/h1-7H;1H3;/q2*-1;+2. The van der Waals surface area contributed by atoms with Gasteiger partial charge in [-0.2, -0.15) is 5.56 Å². The molecule has 0 nitrogen and oxygen atoms in total. The molecule has 0 atom stereocenters. The first-order chi connectivity index (χ1) is 3.93. The summed E-state index contributed by atoms with van der Waals surface area (Å²) >= 11 is 0. The monoisotopic (exact) mass is 182 g/mol. The minimum absolute atomic E-state index is 0. The van der Waals surface area contributed by atoms with Crippen LogP contribution in [0.4, 0.5) is 0 Å². The zero-order chi connectivity index (χ0) is 5.82. The van der Waals surface area contributed by atoms with Gasteiger partial charge in [0.25, 0.3) is 0 Å². The molecule has 0 saturated carbocycles. The molecule has 1 rings (SSSR count). The molecule has 0 spiro atoms. The third kappa shape index (κ3) is 3.58. The Morgan fingerprint density at radius 3 is 1.90 bits per heavy atom. The van der Waals surface area contributed by atoms with Crippen LogP contribution < -0.4 is 0 Å². The van der Waals surface area contributed by atoms with Crippen molar-refractivity contribution in [2.45, 2.75) is 0 Å². The molecule has 0 aliphatic heterocycles. The van der Waals surface area contributed by atoms with E-state index in [9.17, 15) is 0 Å². The first kappa shape index (κ1) is 12.3. The van der Waals surface area contributed by atoms with Crippen LogP contribution in [0, 0.1) is 14.0 Å². The van der Waals surface area contributed by atoms with Crippen molar-refractivity contribution in [2.75, 3.05) is 0 Å². The van der Waals surface area contributed by atoms with Gasteiger partial charge >= 0.3 is 19.5 Å². The second kappa shape index (κ2) is 6.70. The first-order valence-corrected chi connectivity index (χ1v) is 2.53. The van der Waals surface area contributed by atoms with Crippen LogP contribution in [0.3, 0.4) is 0 Å². The van der Waals surface area contributed by atoms with E-state index in [1.807, 2.05) is 30.3 Å². The summed E-state index contributed by atoms with van der Waals surface area (Å²) in [7, 11) is 0. The molecule has 0 fully saturated rings. The second-order valence-corrected chi connectivity index (χ2v) is 1.58. The van der Waals surface area contributed by atoms with E-state index in [0.29, 0.717) is 0 Å². The van der Waals surface area contributed by atoms with Crippen LogP contribution in [0.15, 0.2) is 30.3 Å². The summed E-state index contributed by atoms with van der Waals surface area (Å²) in [5.74, 6) is 0. The molecule has 1 aromatic rings. The molecule has 1 heteroatoms. The molecule has 0 bridgehead atoms. The minimum atomic E-state index is 0. The first-order valence-electron chi connectivity index (χ1n) is 2.53. The summed E-state index contributed by atoms with van der Waals surface area (Å²) in [6, 6.07) is 9.80. The van der Waals surface area contributed by atoms with Gasteiger partial charge in [0.15, 0.2) is 0 Å². The smallest absolute Gasteiger partial charge is 0.358 e. The summed E-state index contributed by atoms with van der Waals surface area (Å²) in [6.45, 7) is 5.22. The van der Waals surface area contributed by atoms with Gasteiger partial charge in [-0.3, -0.25) is 6.58 Å². The molecule has 10 heavy (non-hydrogen) atoms. The Morgan fingerprint density at radius 1 is 1.10 bits per heavy atom. The predicted octanol–water partition coefficient (Wildman–Crippen LogP) is 2.58. The Kier molecular flexibility index (Phi) is 8.23. The van der Waals surface area contributed by atoms with Gasteiger partial charge in [0.05, 0.1) is 0 Å². The van der Waals surface area contributed by atoms with Crippen LogP contribution in [0.5, 0.6) is 0 Å². The van der Waals surface area contributed by atoms with Crippen LogP contribution in [0.25, 0.3) is 6.08 Å². The molecule has 48 valence electrons. The van der Waals surface area contributed by atoms with Crippen LogP contribution >= 0.6 is 0 Å². The van der Waals surface area contributed by atoms with Crippen LogP contribution in [0.1, 0.15) is 5.56 Å². The van der Waals surface area contributed by atoms with Crippen LogP contribution in [-0.4, -0.2) is 0 Å². The predicted molar refractivity (Wildman–Crippen MR) is 41.6 cm³/mol. The Hall–Kier alpha value is -0.417. The van der Waals surface area contributed by atoms with Crippen molar-refractivity contribution in [3.63, 3.8) is 0 Å². The van der Waals surface area contributed by atoms with Crippen molar-refractivity contribution < 1.29 is 19.5 Å². The van der Waals surface area contributed by atoms with Crippen molar-refractivity contribution in [3.05, 3.63) is 49.9 Å². The van der Waals surface area contributed by atoms with E-state index in [2.05, 4.69) is 0 Å². The average molecular weight is 184 g/mol. The van der Waals surface area contributed by atoms with Gasteiger partial charge < -0.3 is 7.43 Å². The number of hydrogen-bond acceptors (Lipinski definition) is 0. The van der Waals surface area contributed by atoms with Crippen molar-refractivity contribution in [1.29, 1.82) is 0 Å². The number of hydrogen-bond donors (Lipinski definition) is 0. The molecule has 0 heterocycles. The Bertz CT molecular complexity index is 167. The Morgan fingerprint density at radius 2 is 1.60 bits per heavy atom. The maximum atomic E-state index is 5.22. The summed E-state index contributed by atoms with van der Waals surface area (Å²) < 4.78 is 0. The molecular weight excluding hydrogens is 173 g/mol. The topological polar surface area (TPSA) is 0 Å². The van der Waals surface area contributed by atoms with Crippen molar-refractivity contribution in [3.8, 4) is 0 Å². The molecule has 0 aromatic heterocycles. The van der Waals surface area contributed by atoms with Gasteiger partial charge in [-0.05, 0) is 0 Å². The SMILES string of the molecule is [CH-]=Cc1ccccc1.[CH3-].[Zn+2]. The largest absolute Gasteiger partial charge is 2.00 e. The summed E-state index contributed by atoms with van der Waals surface area (Å²) in [6.07, 6.45) is 1.58. The van der Waals surface area contributed by atoms with Gasteiger partial charge in [0.2, 0.25) is 0 Å². The van der Waals surface area contributed by atoms with Crippen LogP contribution in [-0.2, 0) is 19.5 Å². The van der Waals surface area contributed by atoms with E-state index in [0.717, 1.165) is 5.56 Å². The van der Waals surface area contributed by atoms with E-state index in [1.54, 1.807) is 6.08 Å². The Labute approximate surface area is 75.7 Å². The van der Waals surface area contributed by atoms with Crippen molar-refractivity contribution in [2.24, 2.45) is 0 Å². The van der Waals surface area contributed by atoms with Crippen molar-refractivity contribution in [1.82, 2.24) is 0 Å². The van der Waals surface area contributed by atoms with E-state index in [-0.39, 0.29) is 26.9 Å². The second-order valence-electron chi connectivity index (χ2n) is 1.58. The molecule has 0 radical (unpaired) electrons. The van der Waals surface area contributed by atoms with E-state index < -0.39 is 0 Å². The minimum Gasteiger partial charge on any atom is -0.358 e. The fourth-order valence-electron chi connectivity index (χ4n) is 0.564. The van der Waals surface area contributed by atoms with Gasteiger partial charge in [-0.1, -0.05) is 18.2 Å². The summed E-state index contributed by atoms with van der Waals surface area (Å²) in [5, 5.41) is 0. The fraction of sp³-hybridized carbons (Fsp3) is 0. The number of benzene rings is 1. The fourth-order valence-corrected chi connectivity index (χ4v) is 0.564. The van der Waals surface area contributed by atoms with E-state index in [4.69, 9.17) is 6.58 Å². The van der Waals surface area contributed by atoms with Crippen molar-refractivity contribution >= 4 is 6.08 Å². The molecule has 0 unspecified atom stereocenters. The quantitative estimate of drug-likeness (QED) is 0.464. The van der Waals surface area contributed by atoms with Gasteiger partial charge in [-0.15, -0.1) is 12.1 Å². The normalized spacial score (nSPS) is 6.80. The average Bonchev–Trinajstić information content (AvgIpc) is 1.90. The van der Waals surface area contributed by atoms with Gasteiger partial charge in [0.1, 0.15) is 0 Å². The maximum absolute atomic E-state index is 5.22. The number of rotatable bonds is 1. The summed E-state index contributed by atoms with van der Waals surface area (Å²) in [5.41, 5.74) is 1.06. The van der Waals surface area contributed by atoms with Gasteiger partial charge in [0, 0.05) is 0 Å². The van der Waals surface area contributed by atoms with E-state index >= 15 is 0 Å². The molecular formula is C9H10Zn. The zero-order valence-electron chi connectivity index (χ0n) is 6.25. The molecule has 0 aliphatic carbocycles. The maximum Gasteiger partial charge on any atom is 2.00 e. The molecule has 0 aliphatic rings.